The zero-order valence-corrected chi connectivity index (χ0v) is 11.0. The Labute approximate surface area is 103 Å². The second kappa shape index (κ2) is 5.18. The van der Waals surface area contributed by atoms with Crippen LogP contribution in [0.3, 0.4) is 0 Å². The van der Waals surface area contributed by atoms with Crippen LogP contribution in [0.2, 0.25) is 0 Å². The van der Waals surface area contributed by atoms with E-state index in [0.717, 1.165) is 17.7 Å². The molecule has 1 aliphatic heterocycles. The molecule has 94 valence electrons. The number of hydrogen-bond donors (Lipinski definition) is 1. The Bertz CT molecular complexity index is 392. The number of piperidine rings is 1. The van der Waals surface area contributed by atoms with E-state index in [1.165, 1.54) is 24.8 Å². The van der Waals surface area contributed by atoms with Crippen molar-refractivity contribution in [2.75, 3.05) is 6.54 Å². The molecule has 0 aromatic heterocycles. The van der Waals surface area contributed by atoms with E-state index < -0.39 is 0 Å². The van der Waals surface area contributed by atoms with Gasteiger partial charge < -0.3 is 5.32 Å². The summed E-state index contributed by atoms with van der Waals surface area (Å²) in [5, 5.41) is 3.54. The quantitative estimate of drug-likeness (QED) is 0.814. The van der Waals surface area contributed by atoms with Gasteiger partial charge in [0.1, 0.15) is 5.82 Å². The highest BCUT2D eigenvalue weighted by Crippen LogP contribution is 2.30. The molecule has 0 amide bonds. The van der Waals surface area contributed by atoms with Crippen molar-refractivity contribution < 1.29 is 4.39 Å². The van der Waals surface area contributed by atoms with Gasteiger partial charge in [-0.05, 0) is 55.0 Å². The van der Waals surface area contributed by atoms with Gasteiger partial charge in [0.2, 0.25) is 0 Å². The highest BCUT2D eigenvalue weighted by atomic mass is 19.1. The topological polar surface area (TPSA) is 12.0 Å². The van der Waals surface area contributed by atoms with Crippen LogP contribution in [0, 0.1) is 12.7 Å². The van der Waals surface area contributed by atoms with Gasteiger partial charge in [0.05, 0.1) is 0 Å². The van der Waals surface area contributed by atoms with E-state index >= 15 is 0 Å². The molecule has 1 heterocycles. The van der Waals surface area contributed by atoms with Gasteiger partial charge in [0.15, 0.2) is 0 Å². The second-order valence-electron chi connectivity index (χ2n) is 5.39. The molecule has 1 fully saturated rings. The third-order valence-corrected chi connectivity index (χ3v) is 3.69. The summed E-state index contributed by atoms with van der Waals surface area (Å²) in [5.41, 5.74) is 3.21. The fraction of sp³-hybridized carbons (Fsp3) is 0.600. The molecule has 1 unspecified atom stereocenters. The fourth-order valence-corrected chi connectivity index (χ4v) is 2.64. The van der Waals surface area contributed by atoms with Crippen molar-refractivity contribution in [2.45, 2.75) is 52.0 Å². The van der Waals surface area contributed by atoms with E-state index in [1.807, 2.05) is 20.8 Å². The molecule has 1 N–H and O–H groups in total. The highest BCUT2D eigenvalue weighted by molar-refractivity contribution is 5.36. The van der Waals surface area contributed by atoms with E-state index in [0.29, 0.717) is 6.04 Å². The largest absolute Gasteiger partial charge is 0.310 e. The summed E-state index contributed by atoms with van der Waals surface area (Å²) in [6.45, 7) is 7.19. The normalized spacial score (nSPS) is 20.9. The lowest BCUT2D eigenvalue weighted by Gasteiger charge is -2.26. The Hall–Kier alpha value is -0.890. The summed E-state index contributed by atoms with van der Waals surface area (Å²) in [4.78, 5) is 0. The van der Waals surface area contributed by atoms with E-state index in [1.54, 1.807) is 6.07 Å². The number of hydrogen-bond acceptors (Lipinski definition) is 1. The lowest BCUT2D eigenvalue weighted by Crippen LogP contribution is -2.27. The van der Waals surface area contributed by atoms with Crippen molar-refractivity contribution >= 4 is 0 Å². The first kappa shape index (κ1) is 12.6. The molecule has 2 heteroatoms. The smallest absolute Gasteiger partial charge is 0.126 e. The van der Waals surface area contributed by atoms with E-state index in [9.17, 15) is 4.39 Å². The van der Waals surface area contributed by atoms with Gasteiger partial charge in [0.25, 0.3) is 0 Å². The van der Waals surface area contributed by atoms with Crippen LogP contribution in [0.25, 0.3) is 0 Å². The van der Waals surface area contributed by atoms with Crippen LogP contribution in [-0.2, 0) is 0 Å². The summed E-state index contributed by atoms with van der Waals surface area (Å²) >= 11 is 0. The van der Waals surface area contributed by atoms with Crippen LogP contribution in [-0.4, -0.2) is 6.54 Å². The standard InChI is InChI=1S/C15H22FN/c1-10(2)12-9-13(11(3)8-14(12)16)15-6-4-5-7-17-15/h8-10,15,17H,4-7H2,1-3H3. The van der Waals surface area contributed by atoms with Gasteiger partial charge in [-0.3, -0.25) is 0 Å². The maximum Gasteiger partial charge on any atom is 0.126 e. The van der Waals surface area contributed by atoms with Gasteiger partial charge in [0, 0.05) is 6.04 Å². The van der Waals surface area contributed by atoms with Crippen LogP contribution in [0.15, 0.2) is 12.1 Å². The Balaban J connectivity index is 2.35. The Kier molecular flexibility index (Phi) is 3.82. The van der Waals surface area contributed by atoms with E-state index in [2.05, 4.69) is 11.4 Å². The average Bonchev–Trinajstić information content (AvgIpc) is 2.29. The van der Waals surface area contributed by atoms with Gasteiger partial charge >= 0.3 is 0 Å². The predicted molar refractivity (Wildman–Crippen MR) is 69.8 cm³/mol. The second-order valence-corrected chi connectivity index (χ2v) is 5.39. The zero-order valence-electron chi connectivity index (χ0n) is 11.0. The maximum absolute atomic E-state index is 13.8. The zero-order chi connectivity index (χ0) is 12.4. The fourth-order valence-electron chi connectivity index (χ4n) is 2.64. The summed E-state index contributed by atoms with van der Waals surface area (Å²) in [6, 6.07) is 4.18. The van der Waals surface area contributed by atoms with Crippen molar-refractivity contribution in [3.63, 3.8) is 0 Å². The predicted octanol–water partition coefficient (Wildman–Crippen LogP) is 4.07. The van der Waals surface area contributed by atoms with Crippen molar-refractivity contribution in [1.82, 2.24) is 5.32 Å². The summed E-state index contributed by atoms with van der Waals surface area (Å²) in [5.74, 6) is 0.190. The molecule has 1 nitrogen and oxygen atoms in total. The van der Waals surface area contributed by atoms with Crippen LogP contribution in [0.5, 0.6) is 0 Å². The highest BCUT2D eigenvalue weighted by Gasteiger charge is 2.19. The first-order valence-electron chi connectivity index (χ1n) is 6.63. The minimum Gasteiger partial charge on any atom is -0.310 e. The summed E-state index contributed by atoms with van der Waals surface area (Å²) < 4.78 is 13.8. The van der Waals surface area contributed by atoms with Gasteiger partial charge in [-0.1, -0.05) is 26.3 Å². The van der Waals surface area contributed by atoms with E-state index in [-0.39, 0.29) is 11.7 Å². The molecule has 0 aliphatic carbocycles. The molecule has 0 spiro atoms. The number of benzene rings is 1. The number of nitrogens with one attached hydrogen (secondary N) is 1. The third kappa shape index (κ3) is 2.68. The molecule has 0 saturated carbocycles. The van der Waals surface area contributed by atoms with Crippen molar-refractivity contribution in [1.29, 1.82) is 0 Å². The van der Waals surface area contributed by atoms with Gasteiger partial charge in [-0.15, -0.1) is 0 Å². The van der Waals surface area contributed by atoms with Crippen LogP contribution in [0.4, 0.5) is 4.39 Å². The summed E-state index contributed by atoms with van der Waals surface area (Å²) in [7, 11) is 0. The lowest BCUT2D eigenvalue weighted by atomic mass is 9.90. The third-order valence-electron chi connectivity index (χ3n) is 3.69. The minimum atomic E-state index is -0.0583. The first-order chi connectivity index (χ1) is 8.09. The minimum absolute atomic E-state index is 0.0583. The molecule has 1 aromatic rings. The van der Waals surface area contributed by atoms with Crippen molar-refractivity contribution in [2.24, 2.45) is 0 Å². The van der Waals surface area contributed by atoms with Crippen LogP contribution < -0.4 is 5.32 Å². The molecule has 1 aliphatic rings. The summed E-state index contributed by atoms with van der Waals surface area (Å²) in [6.07, 6.45) is 3.70. The van der Waals surface area contributed by atoms with Crippen molar-refractivity contribution in [3.8, 4) is 0 Å². The SMILES string of the molecule is Cc1cc(F)c(C(C)C)cc1C1CCCCN1. The molecule has 0 bridgehead atoms. The molecule has 0 radical (unpaired) electrons. The number of aryl methyl sites for hydroxylation is 1. The van der Waals surface area contributed by atoms with Crippen LogP contribution in [0.1, 0.15) is 61.8 Å². The number of halogens is 1. The van der Waals surface area contributed by atoms with Gasteiger partial charge in [-0.2, -0.15) is 0 Å². The lowest BCUT2D eigenvalue weighted by molar-refractivity contribution is 0.410. The van der Waals surface area contributed by atoms with Crippen LogP contribution >= 0.6 is 0 Å². The molecule has 2 rings (SSSR count). The molecular formula is C15H22FN. The molecule has 1 atom stereocenters. The molecule has 17 heavy (non-hydrogen) atoms. The Morgan fingerprint density at radius 1 is 1.29 bits per heavy atom. The van der Waals surface area contributed by atoms with E-state index in [4.69, 9.17) is 0 Å². The van der Waals surface area contributed by atoms with Crippen molar-refractivity contribution in [3.05, 3.63) is 34.6 Å². The molecular weight excluding hydrogens is 213 g/mol. The first-order valence-corrected chi connectivity index (χ1v) is 6.63. The van der Waals surface area contributed by atoms with Gasteiger partial charge in [-0.25, -0.2) is 4.39 Å². The maximum atomic E-state index is 13.8. The Morgan fingerprint density at radius 3 is 2.65 bits per heavy atom. The molecule has 1 aromatic carbocycles. The number of rotatable bonds is 2. The monoisotopic (exact) mass is 235 g/mol. The molecule has 1 saturated heterocycles. The Morgan fingerprint density at radius 2 is 2.06 bits per heavy atom. The average molecular weight is 235 g/mol.